The highest BCUT2D eigenvalue weighted by atomic mass is 35.5. The van der Waals surface area contributed by atoms with Crippen molar-refractivity contribution in [3.05, 3.63) is 35.9 Å². The van der Waals surface area contributed by atoms with Crippen molar-refractivity contribution in [2.45, 2.75) is 45.4 Å². The number of ether oxygens (including phenoxy) is 1. The number of benzene rings is 1. The summed E-state index contributed by atoms with van der Waals surface area (Å²) in [5.41, 5.74) is 5.25. The lowest BCUT2D eigenvalue weighted by Gasteiger charge is -2.33. The van der Waals surface area contributed by atoms with Crippen LogP contribution in [0.25, 0.3) is 0 Å². The quantitative estimate of drug-likeness (QED) is 0.546. The molecule has 0 fully saturated rings. The van der Waals surface area contributed by atoms with Gasteiger partial charge in [-0.3, -0.25) is 4.79 Å². The average Bonchev–Trinajstić information content (AvgIpc) is 2.56. The number of hydrogen-bond donors (Lipinski definition) is 3. The van der Waals surface area contributed by atoms with Gasteiger partial charge >= 0.3 is 6.09 Å². The topological polar surface area (TPSA) is 102 Å². The zero-order valence-corrected chi connectivity index (χ0v) is 15.6. The number of rotatable bonds is 10. The normalized spacial score (nSPS) is 15.2. The fourth-order valence-corrected chi connectivity index (χ4v) is 2.60. The van der Waals surface area contributed by atoms with E-state index in [0.29, 0.717) is 6.42 Å². The molecule has 0 radical (unpaired) electrons. The zero-order valence-electron chi connectivity index (χ0n) is 14.9. The number of carbonyl (C=O) groups excluding carboxylic acids is 2. The number of hydrogen-bond acceptors (Lipinski definition) is 5. The Morgan fingerprint density at radius 2 is 1.92 bits per heavy atom. The summed E-state index contributed by atoms with van der Waals surface area (Å²) in [5.74, 6) is -0.0693. The number of ketones is 1. The molecule has 25 heavy (non-hydrogen) atoms. The van der Waals surface area contributed by atoms with Crippen LogP contribution in [0.5, 0.6) is 0 Å². The van der Waals surface area contributed by atoms with Gasteiger partial charge < -0.3 is 20.9 Å². The molecule has 0 bridgehead atoms. The van der Waals surface area contributed by atoms with Crippen LogP contribution in [0.1, 0.15) is 26.3 Å². The number of halogens is 1. The zero-order chi connectivity index (χ0) is 19.0. The summed E-state index contributed by atoms with van der Waals surface area (Å²) in [6.45, 7) is 4.98. The molecule has 0 saturated heterocycles. The summed E-state index contributed by atoms with van der Waals surface area (Å²) in [6.07, 6.45) is -1.96. The van der Waals surface area contributed by atoms with Gasteiger partial charge in [0.05, 0.1) is 11.5 Å². The second kappa shape index (κ2) is 9.75. The Kier molecular flexibility index (Phi) is 8.35. The number of primary amides is 1. The van der Waals surface area contributed by atoms with Crippen LogP contribution in [-0.2, 0) is 16.0 Å². The molecule has 0 spiro atoms. The van der Waals surface area contributed by atoms with E-state index in [1.807, 2.05) is 30.3 Å². The summed E-state index contributed by atoms with van der Waals surface area (Å²) >= 11 is 5.80. The van der Waals surface area contributed by atoms with Crippen LogP contribution in [0.3, 0.4) is 0 Å². The third kappa shape index (κ3) is 6.65. The second-order valence-corrected chi connectivity index (χ2v) is 6.94. The van der Waals surface area contributed by atoms with Crippen molar-refractivity contribution in [2.24, 2.45) is 11.1 Å². The summed E-state index contributed by atoms with van der Waals surface area (Å²) in [6, 6.07) is 9.28. The van der Waals surface area contributed by atoms with E-state index in [-0.39, 0.29) is 24.2 Å². The number of aliphatic hydroxyl groups excluding tert-OH is 1. The van der Waals surface area contributed by atoms with Gasteiger partial charge in [0.15, 0.2) is 0 Å². The first kappa shape index (κ1) is 21.4. The van der Waals surface area contributed by atoms with Gasteiger partial charge in [0, 0.05) is 18.5 Å². The highest BCUT2D eigenvalue weighted by Crippen LogP contribution is 2.24. The van der Waals surface area contributed by atoms with E-state index in [9.17, 15) is 14.7 Å². The van der Waals surface area contributed by atoms with Crippen LogP contribution in [0.15, 0.2) is 30.3 Å². The molecule has 0 unspecified atom stereocenters. The van der Waals surface area contributed by atoms with Crippen LogP contribution in [0.2, 0.25) is 0 Å². The first-order valence-corrected chi connectivity index (χ1v) is 8.70. The molecule has 7 heteroatoms. The van der Waals surface area contributed by atoms with E-state index in [1.54, 1.807) is 13.8 Å². The molecule has 0 aliphatic carbocycles. The third-order valence-electron chi connectivity index (χ3n) is 4.46. The Bertz CT molecular complexity index is 565. The van der Waals surface area contributed by atoms with Gasteiger partial charge in [0.2, 0.25) is 0 Å². The Balaban J connectivity index is 2.86. The molecular formula is C18H27ClN2O4. The Morgan fingerprint density at radius 1 is 1.32 bits per heavy atom. The monoisotopic (exact) mass is 370 g/mol. The molecule has 1 amide bonds. The number of nitrogens with two attached hydrogens (primary N) is 1. The number of alkyl halides is 1. The maximum absolute atomic E-state index is 11.9. The summed E-state index contributed by atoms with van der Waals surface area (Å²) < 4.78 is 5.13. The van der Waals surface area contributed by atoms with E-state index in [1.165, 1.54) is 6.92 Å². The van der Waals surface area contributed by atoms with Crippen LogP contribution in [0, 0.1) is 5.41 Å². The molecular weight excluding hydrogens is 344 g/mol. The molecule has 4 N–H and O–H groups in total. The SMILES string of the molecule is CC(=O)C(C)(C)[C@@H](CN[C@@H](Cc1ccccc1)[C@@H](O)CCl)OC(N)=O. The molecule has 3 atom stereocenters. The highest BCUT2D eigenvalue weighted by Gasteiger charge is 2.37. The lowest BCUT2D eigenvalue weighted by Crippen LogP contribution is -2.51. The van der Waals surface area contributed by atoms with E-state index >= 15 is 0 Å². The van der Waals surface area contributed by atoms with Gasteiger partial charge in [-0.2, -0.15) is 0 Å². The predicted octanol–water partition coefficient (Wildman–Crippen LogP) is 1.87. The summed E-state index contributed by atoms with van der Waals surface area (Å²) in [4.78, 5) is 23.1. The smallest absolute Gasteiger partial charge is 0.404 e. The molecule has 1 aromatic rings. The number of nitrogens with one attached hydrogen (secondary N) is 1. The maximum Gasteiger partial charge on any atom is 0.404 e. The van der Waals surface area contributed by atoms with Crippen molar-refractivity contribution in [1.82, 2.24) is 5.32 Å². The molecule has 0 heterocycles. The first-order valence-electron chi connectivity index (χ1n) is 8.17. The number of carbonyl (C=O) groups is 2. The molecule has 0 aromatic heterocycles. The van der Waals surface area contributed by atoms with Gasteiger partial charge in [0.25, 0.3) is 0 Å². The van der Waals surface area contributed by atoms with Crippen LogP contribution in [-0.4, -0.2) is 47.7 Å². The summed E-state index contributed by atoms with van der Waals surface area (Å²) in [5, 5.41) is 13.4. The molecule has 6 nitrogen and oxygen atoms in total. The molecule has 1 rings (SSSR count). The van der Waals surface area contributed by atoms with Gasteiger partial charge in [-0.25, -0.2) is 4.79 Å². The minimum Gasteiger partial charge on any atom is -0.444 e. The Labute approximate surface area is 153 Å². The largest absolute Gasteiger partial charge is 0.444 e. The Hall–Kier alpha value is -1.63. The van der Waals surface area contributed by atoms with Crippen molar-refractivity contribution in [3.8, 4) is 0 Å². The van der Waals surface area contributed by atoms with E-state index in [0.717, 1.165) is 5.56 Å². The van der Waals surface area contributed by atoms with Gasteiger partial charge in [-0.15, -0.1) is 11.6 Å². The van der Waals surface area contributed by atoms with Crippen LogP contribution < -0.4 is 11.1 Å². The van der Waals surface area contributed by atoms with Crippen LogP contribution in [0.4, 0.5) is 4.79 Å². The van der Waals surface area contributed by atoms with E-state index in [4.69, 9.17) is 22.1 Å². The molecule has 0 aliphatic rings. The minimum absolute atomic E-state index is 0.0575. The maximum atomic E-state index is 11.9. The molecule has 1 aromatic carbocycles. The fourth-order valence-electron chi connectivity index (χ4n) is 2.39. The van der Waals surface area contributed by atoms with Crippen molar-refractivity contribution < 1.29 is 19.4 Å². The van der Waals surface area contributed by atoms with Gasteiger partial charge in [-0.05, 0) is 32.8 Å². The Morgan fingerprint density at radius 3 is 2.40 bits per heavy atom. The fraction of sp³-hybridized carbons (Fsp3) is 0.556. The van der Waals surface area contributed by atoms with Gasteiger partial charge in [-0.1, -0.05) is 30.3 Å². The van der Waals surface area contributed by atoms with Gasteiger partial charge in [0.1, 0.15) is 11.9 Å². The standard InChI is InChI=1S/C18H27ClN2O4/c1-12(22)18(2,3)16(25-17(20)24)11-21-14(15(23)10-19)9-13-7-5-4-6-8-13/h4-8,14-16,21,23H,9-11H2,1-3H3,(H2,20,24)/t14-,15-,16+/m0/s1. The first-order chi connectivity index (χ1) is 11.7. The molecule has 140 valence electrons. The van der Waals surface area contributed by atoms with E-state index < -0.39 is 23.7 Å². The lowest BCUT2D eigenvalue weighted by atomic mass is 9.82. The lowest BCUT2D eigenvalue weighted by molar-refractivity contribution is -0.130. The van der Waals surface area contributed by atoms with Crippen molar-refractivity contribution in [1.29, 1.82) is 0 Å². The van der Waals surface area contributed by atoms with E-state index in [2.05, 4.69) is 5.32 Å². The third-order valence-corrected chi connectivity index (χ3v) is 4.77. The molecule has 0 saturated carbocycles. The molecule has 0 aliphatic heterocycles. The number of amides is 1. The van der Waals surface area contributed by atoms with Crippen LogP contribution >= 0.6 is 11.6 Å². The predicted molar refractivity (Wildman–Crippen MR) is 97.6 cm³/mol. The van der Waals surface area contributed by atoms with Crippen molar-refractivity contribution in [3.63, 3.8) is 0 Å². The van der Waals surface area contributed by atoms with Crippen molar-refractivity contribution in [2.75, 3.05) is 12.4 Å². The highest BCUT2D eigenvalue weighted by molar-refractivity contribution is 6.18. The average molecular weight is 371 g/mol. The number of Topliss-reactive ketones (excluding diaryl/α,β-unsaturated/α-hetero) is 1. The number of aliphatic hydroxyl groups is 1. The van der Waals surface area contributed by atoms with Crippen molar-refractivity contribution >= 4 is 23.5 Å². The minimum atomic E-state index is -0.946. The summed E-state index contributed by atoms with van der Waals surface area (Å²) in [7, 11) is 0. The second-order valence-electron chi connectivity index (χ2n) is 6.63.